The fourth-order valence-corrected chi connectivity index (χ4v) is 10.7. The minimum absolute atomic E-state index is 0.0123. The largest absolute Gasteiger partial charge is 0.488 e. The van der Waals surface area contributed by atoms with Crippen molar-refractivity contribution >= 4 is 45.8 Å². The molecule has 65 heavy (non-hydrogen) atoms. The van der Waals surface area contributed by atoms with Crippen LogP contribution < -0.4 is 15.4 Å². The molecule has 5 aromatic rings. The Morgan fingerprint density at radius 1 is 0.800 bits per heavy atom. The molecule has 0 bridgehead atoms. The zero-order valence-electron chi connectivity index (χ0n) is 38.1. The van der Waals surface area contributed by atoms with Gasteiger partial charge in [-0.15, -0.1) is 0 Å². The van der Waals surface area contributed by atoms with E-state index in [2.05, 4.69) is 70.8 Å². The molecule has 0 aliphatic carbocycles. The zero-order chi connectivity index (χ0) is 45.5. The average Bonchev–Trinajstić information content (AvgIpc) is 4.16. The number of H-pyrrole nitrogens is 2. The number of fused-ring (bicyclic) bond motifs is 6. The van der Waals surface area contributed by atoms with Crippen LogP contribution in [0.4, 0.5) is 9.59 Å². The first-order chi connectivity index (χ1) is 31.5. The second-order valence-electron chi connectivity index (χ2n) is 18.2. The van der Waals surface area contributed by atoms with Crippen LogP contribution in [0.15, 0.2) is 48.7 Å². The number of likely N-dealkylation sites (tertiary alicyclic amines) is 2. The molecular weight excluding hydrogens is 829 g/mol. The minimum Gasteiger partial charge on any atom is -0.488 e. The number of carbonyl (C=O) groups is 4. The van der Waals surface area contributed by atoms with Crippen LogP contribution in [0, 0.1) is 11.8 Å². The van der Waals surface area contributed by atoms with Crippen LogP contribution in [0.1, 0.15) is 108 Å². The minimum atomic E-state index is -0.721. The molecule has 2 aromatic heterocycles. The van der Waals surface area contributed by atoms with Gasteiger partial charge in [0.15, 0.2) is 0 Å². The maximum absolute atomic E-state index is 14.5. The summed E-state index contributed by atoms with van der Waals surface area (Å²) in [4.78, 5) is 74.3. The van der Waals surface area contributed by atoms with Gasteiger partial charge in [-0.2, -0.15) is 0 Å². The molecule has 4 N–H and O–H groups in total. The van der Waals surface area contributed by atoms with E-state index in [0.29, 0.717) is 32.7 Å². The monoisotopic (exact) mass is 888 g/mol. The number of ether oxygens (including phenoxy) is 4. The molecule has 3 saturated heterocycles. The first-order valence-corrected chi connectivity index (χ1v) is 23.2. The number of amides is 4. The van der Waals surface area contributed by atoms with Gasteiger partial charge in [0, 0.05) is 36.2 Å². The fraction of sp³-hybridized carbons (Fsp3) is 0.510. The van der Waals surface area contributed by atoms with Crippen LogP contribution in [0.3, 0.4) is 0 Å². The van der Waals surface area contributed by atoms with Gasteiger partial charge in [0.1, 0.15) is 36.1 Å². The summed E-state index contributed by atoms with van der Waals surface area (Å²) in [5, 5.41) is 7.60. The maximum Gasteiger partial charge on any atom is 0.407 e. The Balaban J connectivity index is 0.973. The number of rotatable bonds is 11. The number of hydrogen-bond acceptors (Lipinski definition) is 10. The fourth-order valence-electron chi connectivity index (χ4n) is 10.7. The lowest BCUT2D eigenvalue weighted by Crippen LogP contribution is -2.54. The summed E-state index contributed by atoms with van der Waals surface area (Å²) in [5.41, 5.74) is 6.61. The first-order valence-electron chi connectivity index (χ1n) is 23.2. The highest BCUT2D eigenvalue weighted by Gasteiger charge is 2.45. The maximum atomic E-state index is 14.5. The molecular formula is C49H60N8O8. The molecule has 4 amide bonds. The van der Waals surface area contributed by atoms with Crippen molar-refractivity contribution < 1.29 is 38.1 Å². The summed E-state index contributed by atoms with van der Waals surface area (Å²) in [6.45, 7) is 9.49. The van der Waals surface area contributed by atoms with Crippen LogP contribution in [-0.2, 0) is 30.4 Å². The van der Waals surface area contributed by atoms with Crippen LogP contribution in [0.25, 0.3) is 44.2 Å². The van der Waals surface area contributed by atoms with E-state index in [4.69, 9.17) is 28.9 Å². The molecule has 344 valence electrons. The summed E-state index contributed by atoms with van der Waals surface area (Å²) in [5.74, 6) is 1.79. The van der Waals surface area contributed by atoms with Crippen molar-refractivity contribution in [3.05, 3.63) is 65.9 Å². The highest BCUT2D eigenvalue weighted by molar-refractivity contribution is 6.07. The number of alkyl carbamates (subject to hydrolysis) is 2. The van der Waals surface area contributed by atoms with Crippen molar-refractivity contribution in [2.45, 2.75) is 122 Å². The Hall–Kier alpha value is -6.16. The van der Waals surface area contributed by atoms with Crippen molar-refractivity contribution in [3.63, 3.8) is 0 Å². The van der Waals surface area contributed by atoms with Gasteiger partial charge in [0.25, 0.3) is 0 Å². The Morgan fingerprint density at radius 3 is 2.18 bits per heavy atom. The van der Waals surface area contributed by atoms with Gasteiger partial charge in [-0.3, -0.25) is 9.59 Å². The van der Waals surface area contributed by atoms with Gasteiger partial charge in [-0.25, -0.2) is 19.6 Å². The number of hydrogen-bond donors (Lipinski definition) is 4. The summed E-state index contributed by atoms with van der Waals surface area (Å²) >= 11 is 0. The third kappa shape index (κ3) is 8.25. The predicted octanol–water partition coefficient (Wildman–Crippen LogP) is 8.08. The van der Waals surface area contributed by atoms with E-state index < -0.39 is 24.3 Å². The summed E-state index contributed by atoms with van der Waals surface area (Å²) in [6.07, 6.45) is 6.73. The van der Waals surface area contributed by atoms with Crippen LogP contribution >= 0.6 is 0 Å². The molecule has 3 fully saturated rings. The standard InChI is InChI=1S/C49H60N8O8/c1-7-31-11-15-38(56(31)46(58)41(26(3)4)54-48(60)62-5)44-50-24-37(52-44)29-9-13-33-30(21-29)25-65-40-23-34-28(22-35(33)40)10-14-36-43(34)53-45(51-36)39-16-12-32(8-2)57(39)47(59)42(55-49(61)63-6)27-17-19-64-20-18-27/h9-10,13-14,21-24,26-27,31-32,38-39,41-42H,7-8,11-12,15-20,25H2,1-6H3,(H,50,52)(H,51,53)(H,54,60)(H,55,61)/t31-,32-,38-,39?,41-,42-/m0/s1. The molecule has 3 aromatic carbocycles. The number of methoxy groups -OCH3 is 2. The van der Waals surface area contributed by atoms with Crippen molar-refractivity contribution in [2.24, 2.45) is 11.8 Å². The van der Waals surface area contributed by atoms with E-state index in [9.17, 15) is 19.2 Å². The van der Waals surface area contributed by atoms with E-state index >= 15 is 0 Å². The van der Waals surface area contributed by atoms with Gasteiger partial charge in [0.05, 0.1) is 49.2 Å². The summed E-state index contributed by atoms with van der Waals surface area (Å²) in [7, 11) is 2.62. The van der Waals surface area contributed by atoms with E-state index in [0.717, 1.165) is 106 Å². The Bertz CT molecular complexity index is 2600. The van der Waals surface area contributed by atoms with Crippen molar-refractivity contribution in [2.75, 3.05) is 27.4 Å². The predicted molar refractivity (Wildman–Crippen MR) is 244 cm³/mol. The van der Waals surface area contributed by atoms with Crippen molar-refractivity contribution in [1.82, 2.24) is 40.4 Å². The Labute approximate surface area is 378 Å². The molecule has 0 spiro atoms. The number of nitrogens with one attached hydrogen (secondary N) is 4. The quantitative estimate of drug-likeness (QED) is 0.101. The molecule has 1 unspecified atom stereocenters. The Kier molecular flexibility index (Phi) is 12.5. The van der Waals surface area contributed by atoms with E-state index in [1.165, 1.54) is 14.2 Å². The SMILES string of the molecule is CC[C@H]1CCC(c2nc3c(ccc4cc5c(cc43)OCc3cc(-c4cnc([C@@H]6CC[C@H](CC)N6C(=O)[C@@H](NC(=O)OC)C(C)C)[nH]4)ccc3-5)[nH]2)N1C(=O)[C@@H](NC(=O)OC)C1CCOCC1. The molecule has 9 rings (SSSR count). The van der Waals surface area contributed by atoms with Crippen LogP contribution in [0.5, 0.6) is 5.75 Å². The molecule has 0 radical (unpaired) electrons. The topological polar surface area (TPSA) is 193 Å². The third-order valence-electron chi connectivity index (χ3n) is 14.2. The Morgan fingerprint density at radius 2 is 1.49 bits per heavy atom. The normalized spacial score (nSPS) is 21.8. The van der Waals surface area contributed by atoms with Crippen molar-refractivity contribution in [3.8, 4) is 28.1 Å². The lowest BCUT2D eigenvalue weighted by Gasteiger charge is -2.36. The molecule has 0 saturated carbocycles. The molecule has 4 aliphatic rings. The summed E-state index contributed by atoms with van der Waals surface area (Å²) < 4.78 is 21.9. The number of imidazole rings is 2. The van der Waals surface area contributed by atoms with E-state index in [-0.39, 0.29) is 47.8 Å². The third-order valence-corrected chi connectivity index (χ3v) is 14.2. The molecule has 16 nitrogen and oxygen atoms in total. The van der Waals surface area contributed by atoms with Gasteiger partial charge < -0.3 is 49.3 Å². The van der Waals surface area contributed by atoms with Crippen LogP contribution in [-0.4, -0.2) is 105 Å². The lowest BCUT2D eigenvalue weighted by molar-refractivity contribution is -0.139. The zero-order valence-corrected chi connectivity index (χ0v) is 38.1. The summed E-state index contributed by atoms with van der Waals surface area (Å²) in [6, 6.07) is 12.8. The molecule has 4 aliphatic heterocycles. The van der Waals surface area contributed by atoms with E-state index in [1.807, 2.05) is 35.9 Å². The van der Waals surface area contributed by atoms with Gasteiger partial charge in [-0.05, 0) is 110 Å². The average molecular weight is 889 g/mol. The first kappa shape index (κ1) is 44.1. The number of aromatic nitrogens is 4. The number of carbonyl (C=O) groups excluding carboxylic acids is 4. The highest BCUT2D eigenvalue weighted by Crippen LogP contribution is 2.45. The lowest BCUT2D eigenvalue weighted by atomic mass is 9.90. The number of nitrogens with zero attached hydrogens (tertiary/aromatic N) is 4. The van der Waals surface area contributed by atoms with Crippen LogP contribution in [0.2, 0.25) is 0 Å². The molecule has 6 atom stereocenters. The second kappa shape index (κ2) is 18.4. The molecule has 16 heteroatoms. The van der Waals surface area contributed by atoms with E-state index in [1.54, 1.807) is 0 Å². The second-order valence-corrected chi connectivity index (χ2v) is 18.2. The number of benzene rings is 3. The van der Waals surface area contributed by atoms with Gasteiger partial charge >= 0.3 is 12.2 Å². The van der Waals surface area contributed by atoms with Gasteiger partial charge in [0.2, 0.25) is 11.8 Å². The van der Waals surface area contributed by atoms with Gasteiger partial charge in [-0.1, -0.05) is 45.9 Å². The number of aromatic amines is 2. The van der Waals surface area contributed by atoms with Crippen molar-refractivity contribution in [1.29, 1.82) is 0 Å². The highest BCUT2D eigenvalue weighted by atomic mass is 16.5. The molecule has 6 heterocycles. The smallest absolute Gasteiger partial charge is 0.407 e.